The molecule has 2 aromatic carbocycles. The minimum absolute atomic E-state index is 0.193. The zero-order valence-electron chi connectivity index (χ0n) is 11.6. The van der Waals surface area contributed by atoms with Gasteiger partial charge in [0.25, 0.3) is 0 Å². The molecule has 0 aliphatic heterocycles. The molecule has 0 amide bonds. The van der Waals surface area contributed by atoms with E-state index in [2.05, 4.69) is 29.2 Å². The lowest BCUT2D eigenvalue weighted by atomic mass is 9.74. The molecule has 4 rings (SSSR count). The molecule has 0 radical (unpaired) electrons. The van der Waals surface area contributed by atoms with E-state index in [4.69, 9.17) is 0 Å². The average Bonchev–Trinajstić information content (AvgIpc) is 2.52. The molecule has 1 aliphatic rings. The Labute approximate surface area is 123 Å². The largest absolute Gasteiger partial charge is 0.294 e. The van der Waals surface area contributed by atoms with Gasteiger partial charge in [-0.1, -0.05) is 42.5 Å². The van der Waals surface area contributed by atoms with Gasteiger partial charge in [0.2, 0.25) is 0 Å². The molecule has 0 saturated heterocycles. The molecule has 1 unspecified atom stereocenters. The van der Waals surface area contributed by atoms with E-state index in [9.17, 15) is 4.79 Å². The molecule has 1 aliphatic carbocycles. The van der Waals surface area contributed by atoms with Gasteiger partial charge in [-0.2, -0.15) is 0 Å². The van der Waals surface area contributed by atoms with E-state index in [-0.39, 0.29) is 5.78 Å². The summed E-state index contributed by atoms with van der Waals surface area (Å²) in [6, 6.07) is 18.1. The summed E-state index contributed by atoms with van der Waals surface area (Å²) in [7, 11) is 0. The number of nitrogens with zero attached hydrogens (tertiary/aromatic N) is 1. The van der Waals surface area contributed by atoms with Crippen LogP contribution in [0.3, 0.4) is 0 Å². The summed E-state index contributed by atoms with van der Waals surface area (Å²) in [6.45, 7) is 0. The Balaban J connectivity index is 1.64. The normalized spacial score (nSPS) is 16.3. The molecular formula is C19H15NO. The van der Waals surface area contributed by atoms with E-state index in [0.717, 1.165) is 22.9 Å². The van der Waals surface area contributed by atoms with Gasteiger partial charge in [-0.25, -0.2) is 0 Å². The van der Waals surface area contributed by atoms with Crippen molar-refractivity contribution in [3.05, 3.63) is 77.5 Å². The minimum Gasteiger partial charge on any atom is -0.294 e. The zero-order valence-corrected chi connectivity index (χ0v) is 11.6. The first-order chi connectivity index (χ1) is 10.3. The van der Waals surface area contributed by atoms with Crippen molar-refractivity contribution in [2.45, 2.75) is 18.8 Å². The van der Waals surface area contributed by atoms with Gasteiger partial charge in [0.1, 0.15) is 0 Å². The van der Waals surface area contributed by atoms with Gasteiger partial charge >= 0.3 is 0 Å². The van der Waals surface area contributed by atoms with E-state index in [1.54, 1.807) is 6.20 Å². The van der Waals surface area contributed by atoms with Gasteiger partial charge < -0.3 is 0 Å². The molecule has 0 fully saturated rings. The molecule has 2 nitrogen and oxygen atoms in total. The highest BCUT2D eigenvalue weighted by molar-refractivity contribution is 6.06. The van der Waals surface area contributed by atoms with Crippen LogP contribution in [0, 0.1) is 0 Å². The van der Waals surface area contributed by atoms with Crippen LogP contribution < -0.4 is 0 Å². The first-order valence-corrected chi connectivity index (χ1v) is 7.27. The first-order valence-electron chi connectivity index (χ1n) is 7.27. The first kappa shape index (κ1) is 12.3. The number of carbonyl (C=O) groups excluding carboxylic acids is 1. The number of para-hydroxylation sites is 1. The summed E-state index contributed by atoms with van der Waals surface area (Å²) in [5.74, 6) is 0.562. The van der Waals surface area contributed by atoms with Crippen LogP contribution >= 0.6 is 0 Å². The van der Waals surface area contributed by atoms with Crippen molar-refractivity contribution in [1.82, 2.24) is 4.98 Å². The Hall–Kier alpha value is -2.48. The highest BCUT2D eigenvalue weighted by atomic mass is 16.1. The fourth-order valence-corrected chi connectivity index (χ4v) is 3.21. The lowest BCUT2D eigenvalue weighted by Crippen LogP contribution is -2.20. The predicted molar refractivity (Wildman–Crippen MR) is 83.6 cm³/mol. The summed E-state index contributed by atoms with van der Waals surface area (Å²) in [5.41, 5.74) is 4.28. The van der Waals surface area contributed by atoms with Crippen molar-refractivity contribution in [2.75, 3.05) is 0 Å². The van der Waals surface area contributed by atoms with Crippen LogP contribution in [-0.2, 0) is 6.42 Å². The molecular weight excluding hydrogens is 258 g/mol. The number of aromatic nitrogens is 1. The maximum atomic E-state index is 12.6. The van der Waals surface area contributed by atoms with Crippen LogP contribution in [-0.4, -0.2) is 10.8 Å². The molecule has 1 aromatic heterocycles. The summed E-state index contributed by atoms with van der Waals surface area (Å²) < 4.78 is 0. The molecule has 0 bridgehead atoms. The van der Waals surface area contributed by atoms with E-state index >= 15 is 0 Å². The Morgan fingerprint density at radius 3 is 2.81 bits per heavy atom. The standard InChI is InChI=1S/C19H15NO/c21-18(12-15-11-14-5-1-2-8-16(14)15)17-9-3-6-13-7-4-10-20-19(13)17/h1-10,15H,11-12H2. The number of pyridine rings is 1. The Kier molecular flexibility index (Phi) is 2.81. The zero-order chi connectivity index (χ0) is 14.2. The van der Waals surface area contributed by atoms with Crippen LogP contribution in [0.25, 0.3) is 10.9 Å². The highest BCUT2D eigenvalue weighted by Gasteiger charge is 2.28. The number of hydrogen-bond acceptors (Lipinski definition) is 2. The molecule has 1 heterocycles. The average molecular weight is 273 g/mol. The van der Waals surface area contributed by atoms with Gasteiger partial charge in [-0.15, -0.1) is 0 Å². The van der Waals surface area contributed by atoms with E-state index in [1.165, 1.54) is 11.1 Å². The van der Waals surface area contributed by atoms with Crippen LogP contribution in [0.15, 0.2) is 60.8 Å². The molecule has 0 N–H and O–H groups in total. The number of rotatable bonds is 3. The number of hydrogen-bond donors (Lipinski definition) is 0. The Morgan fingerprint density at radius 1 is 1.05 bits per heavy atom. The van der Waals surface area contributed by atoms with Gasteiger partial charge in [0.05, 0.1) is 5.52 Å². The number of benzene rings is 2. The molecule has 102 valence electrons. The number of ketones is 1. The fraction of sp³-hybridized carbons (Fsp3) is 0.158. The second kappa shape index (κ2) is 4.81. The molecule has 1 atom stereocenters. The number of carbonyl (C=O) groups is 1. The van der Waals surface area contributed by atoms with Gasteiger partial charge in [-0.3, -0.25) is 9.78 Å². The van der Waals surface area contributed by atoms with Crippen LogP contribution in [0.4, 0.5) is 0 Å². The van der Waals surface area contributed by atoms with Crippen molar-refractivity contribution >= 4 is 16.7 Å². The van der Waals surface area contributed by atoms with E-state index in [1.807, 2.05) is 30.3 Å². The van der Waals surface area contributed by atoms with E-state index in [0.29, 0.717) is 12.3 Å². The predicted octanol–water partition coefficient (Wildman–Crippen LogP) is 4.15. The third kappa shape index (κ3) is 2.04. The summed E-state index contributed by atoms with van der Waals surface area (Å²) >= 11 is 0. The van der Waals surface area contributed by atoms with E-state index < -0.39 is 0 Å². The fourth-order valence-electron chi connectivity index (χ4n) is 3.21. The van der Waals surface area contributed by atoms with Crippen molar-refractivity contribution in [3.63, 3.8) is 0 Å². The lowest BCUT2D eigenvalue weighted by molar-refractivity contribution is 0.0972. The van der Waals surface area contributed by atoms with Crippen molar-refractivity contribution in [2.24, 2.45) is 0 Å². The number of fused-ring (bicyclic) bond motifs is 2. The van der Waals surface area contributed by atoms with Crippen molar-refractivity contribution in [3.8, 4) is 0 Å². The van der Waals surface area contributed by atoms with Crippen LogP contribution in [0.2, 0.25) is 0 Å². The lowest BCUT2D eigenvalue weighted by Gasteiger charge is -2.29. The summed E-state index contributed by atoms with van der Waals surface area (Å²) in [4.78, 5) is 17.0. The van der Waals surface area contributed by atoms with Crippen molar-refractivity contribution < 1.29 is 4.79 Å². The van der Waals surface area contributed by atoms with Crippen LogP contribution in [0.5, 0.6) is 0 Å². The third-order valence-electron chi connectivity index (χ3n) is 4.33. The second-order valence-corrected chi connectivity index (χ2v) is 5.61. The quantitative estimate of drug-likeness (QED) is 0.671. The minimum atomic E-state index is 0.193. The summed E-state index contributed by atoms with van der Waals surface area (Å²) in [6.07, 6.45) is 3.34. The highest BCUT2D eigenvalue weighted by Crippen LogP contribution is 2.38. The maximum absolute atomic E-state index is 12.6. The molecule has 0 spiro atoms. The maximum Gasteiger partial charge on any atom is 0.165 e. The monoisotopic (exact) mass is 273 g/mol. The topological polar surface area (TPSA) is 30.0 Å². The van der Waals surface area contributed by atoms with Gasteiger partial charge in [-0.05, 0) is 35.6 Å². The third-order valence-corrected chi connectivity index (χ3v) is 4.33. The Bertz CT molecular complexity index is 832. The summed E-state index contributed by atoms with van der Waals surface area (Å²) in [5, 5.41) is 1.03. The molecule has 3 aromatic rings. The van der Waals surface area contributed by atoms with Gasteiger partial charge in [0.15, 0.2) is 5.78 Å². The Morgan fingerprint density at radius 2 is 1.90 bits per heavy atom. The smallest absolute Gasteiger partial charge is 0.165 e. The van der Waals surface area contributed by atoms with Crippen LogP contribution in [0.1, 0.15) is 33.8 Å². The van der Waals surface area contributed by atoms with Crippen molar-refractivity contribution in [1.29, 1.82) is 0 Å². The molecule has 2 heteroatoms. The SMILES string of the molecule is O=C(CC1Cc2ccccc21)c1cccc2cccnc12. The number of Topliss-reactive ketones (excluding diaryl/α,β-unsaturated/α-hetero) is 1. The molecule has 0 saturated carbocycles. The molecule has 21 heavy (non-hydrogen) atoms. The van der Waals surface area contributed by atoms with Gasteiger partial charge in [0, 0.05) is 23.6 Å². The second-order valence-electron chi connectivity index (χ2n) is 5.61.